The maximum atomic E-state index is 10.3. The van der Waals surface area contributed by atoms with E-state index in [1.807, 2.05) is 0 Å². The van der Waals surface area contributed by atoms with Gasteiger partial charge in [0.1, 0.15) is 0 Å². The largest absolute Gasteiger partial charge is 0.397 e. The van der Waals surface area contributed by atoms with Crippen molar-refractivity contribution in [3.05, 3.63) is 0 Å². The fourth-order valence-corrected chi connectivity index (χ4v) is 3.24. The van der Waals surface area contributed by atoms with E-state index in [-0.39, 0.29) is 19.3 Å². The highest BCUT2D eigenvalue weighted by molar-refractivity contribution is 7.80. The van der Waals surface area contributed by atoms with Crippen LogP contribution in [0.4, 0.5) is 0 Å². The second-order valence-electron chi connectivity index (χ2n) is 6.27. The molecule has 2 atom stereocenters. The zero-order valence-corrected chi connectivity index (χ0v) is 13.3. The third-order valence-electron chi connectivity index (χ3n) is 3.39. The average Bonchev–Trinajstić information content (AvgIpc) is 2.23. The van der Waals surface area contributed by atoms with E-state index in [4.69, 9.17) is 14.0 Å². The van der Waals surface area contributed by atoms with E-state index in [2.05, 4.69) is 25.0 Å². The molecule has 1 rings (SSSR count). The summed E-state index contributed by atoms with van der Waals surface area (Å²) in [6.07, 6.45) is 3.64. The van der Waals surface area contributed by atoms with Gasteiger partial charge in [0, 0.05) is 0 Å². The SMILES string of the molecule is C[C@@H]1C[C@H](OCCOCCOS(=O)(=O)O)CC(C)(C)C1. The van der Waals surface area contributed by atoms with Gasteiger partial charge in [0.05, 0.1) is 32.5 Å². The minimum atomic E-state index is -4.36. The molecule has 0 unspecified atom stereocenters. The predicted octanol–water partition coefficient (Wildman–Crippen LogP) is 2.05. The highest BCUT2D eigenvalue weighted by Crippen LogP contribution is 2.39. The van der Waals surface area contributed by atoms with Gasteiger partial charge in [-0.3, -0.25) is 4.55 Å². The Hall–Kier alpha value is -0.210. The number of hydrogen-bond acceptors (Lipinski definition) is 5. The van der Waals surface area contributed by atoms with Gasteiger partial charge in [-0.15, -0.1) is 0 Å². The number of hydrogen-bond donors (Lipinski definition) is 1. The van der Waals surface area contributed by atoms with Crippen LogP contribution < -0.4 is 0 Å². The zero-order valence-electron chi connectivity index (χ0n) is 12.5. The minimum Gasteiger partial charge on any atom is -0.377 e. The molecule has 1 aliphatic carbocycles. The molecule has 7 heteroatoms. The van der Waals surface area contributed by atoms with Gasteiger partial charge >= 0.3 is 10.4 Å². The molecule has 1 aliphatic rings. The summed E-state index contributed by atoms with van der Waals surface area (Å²) in [6, 6.07) is 0. The van der Waals surface area contributed by atoms with Crippen LogP contribution in [-0.4, -0.2) is 45.5 Å². The molecule has 1 N–H and O–H groups in total. The lowest BCUT2D eigenvalue weighted by Gasteiger charge is -2.38. The molecule has 0 heterocycles. The second-order valence-corrected chi connectivity index (χ2v) is 7.36. The van der Waals surface area contributed by atoms with Crippen molar-refractivity contribution in [1.82, 2.24) is 0 Å². The molecule has 0 amide bonds. The van der Waals surface area contributed by atoms with Crippen LogP contribution in [0.15, 0.2) is 0 Å². The Kier molecular flexibility index (Phi) is 6.87. The van der Waals surface area contributed by atoms with E-state index in [1.54, 1.807) is 0 Å². The van der Waals surface area contributed by atoms with Gasteiger partial charge in [0.2, 0.25) is 0 Å². The lowest BCUT2D eigenvalue weighted by Crippen LogP contribution is -2.33. The van der Waals surface area contributed by atoms with E-state index in [0.717, 1.165) is 12.8 Å². The van der Waals surface area contributed by atoms with E-state index in [0.29, 0.717) is 24.5 Å². The summed E-state index contributed by atoms with van der Waals surface area (Å²) in [5.74, 6) is 0.674. The van der Waals surface area contributed by atoms with Crippen molar-refractivity contribution in [3.8, 4) is 0 Å². The molecular weight excluding hydrogens is 284 g/mol. The van der Waals surface area contributed by atoms with Crippen molar-refractivity contribution in [1.29, 1.82) is 0 Å². The molecule has 0 saturated heterocycles. The van der Waals surface area contributed by atoms with Crippen LogP contribution in [0.1, 0.15) is 40.0 Å². The Morgan fingerprint density at radius 3 is 2.40 bits per heavy atom. The van der Waals surface area contributed by atoms with Crippen molar-refractivity contribution in [3.63, 3.8) is 0 Å². The van der Waals surface area contributed by atoms with E-state index in [1.165, 1.54) is 6.42 Å². The van der Waals surface area contributed by atoms with Crippen LogP contribution in [-0.2, 0) is 24.1 Å². The van der Waals surface area contributed by atoms with Gasteiger partial charge in [0.25, 0.3) is 0 Å². The molecular formula is C13H26O6S. The van der Waals surface area contributed by atoms with Gasteiger partial charge in [-0.05, 0) is 30.6 Å². The summed E-state index contributed by atoms with van der Waals surface area (Å²) >= 11 is 0. The molecule has 0 aromatic heterocycles. The second kappa shape index (κ2) is 7.70. The van der Waals surface area contributed by atoms with Crippen molar-refractivity contribution in [2.75, 3.05) is 26.4 Å². The fraction of sp³-hybridized carbons (Fsp3) is 1.00. The fourth-order valence-electron chi connectivity index (χ4n) is 2.96. The molecule has 0 aromatic rings. The van der Waals surface area contributed by atoms with Crippen molar-refractivity contribution < 1.29 is 26.6 Å². The van der Waals surface area contributed by atoms with Gasteiger partial charge in [-0.25, -0.2) is 4.18 Å². The van der Waals surface area contributed by atoms with Gasteiger partial charge < -0.3 is 9.47 Å². The lowest BCUT2D eigenvalue weighted by atomic mass is 9.71. The number of ether oxygens (including phenoxy) is 2. The molecule has 0 aliphatic heterocycles. The highest BCUT2D eigenvalue weighted by atomic mass is 32.3. The molecule has 0 aromatic carbocycles. The van der Waals surface area contributed by atoms with E-state index >= 15 is 0 Å². The van der Waals surface area contributed by atoms with Crippen LogP contribution in [0, 0.1) is 11.3 Å². The summed E-state index contributed by atoms with van der Waals surface area (Å²) < 4.78 is 44.0. The molecule has 20 heavy (non-hydrogen) atoms. The first kappa shape index (κ1) is 17.8. The first-order valence-corrected chi connectivity index (χ1v) is 8.36. The van der Waals surface area contributed by atoms with Crippen LogP contribution in [0.25, 0.3) is 0 Å². The van der Waals surface area contributed by atoms with E-state index < -0.39 is 10.4 Å². The third-order valence-corrected chi connectivity index (χ3v) is 3.85. The smallest absolute Gasteiger partial charge is 0.377 e. The summed E-state index contributed by atoms with van der Waals surface area (Å²) in [5, 5.41) is 0. The van der Waals surface area contributed by atoms with E-state index in [9.17, 15) is 8.42 Å². The molecule has 1 fully saturated rings. The first-order chi connectivity index (χ1) is 9.18. The van der Waals surface area contributed by atoms with Gasteiger partial charge in [0.15, 0.2) is 0 Å². The summed E-state index contributed by atoms with van der Waals surface area (Å²) in [6.45, 7) is 7.58. The zero-order chi connectivity index (χ0) is 15.2. The monoisotopic (exact) mass is 310 g/mol. The summed E-state index contributed by atoms with van der Waals surface area (Å²) in [4.78, 5) is 0. The Bertz CT molecular complexity index is 378. The van der Waals surface area contributed by atoms with Crippen LogP contribution in [0.2, 0.25) is 0 Å². The lowest BCUT2D eigenvalue weighted by molar-refractivity contribution is -0.0465. The Balaban J connectivity index is 2.06. The average molecular weight is 310 g/mol. The van der Waals surface area contributed by atoms with Crippen molar-refractivity contribution in [2.24, 2.45) is 11.3 Å². The van der Waals surface area contributed by atoms with Crippen molar-refractivity contribution >= 4 is 10.4 Å². The number of rotatable bonds is 8. The van der Waals surface area contributed by atoms with Crippen LogP contribution in [0.5, 0.6) is 0 Å². The third kappa shape index (κ3) is 8.16. The Morgan fingerprint density at radius 2 is 1.80 bits per heavy atom. The normalized spacial score (nSPS) is 26.6. The molecule has 0 bridgehead atoms. The quantitative estimate of drug-likeness (QED) is 0.546. The standard InChI is InChI=1S/C13H26O6S/c1-11-8-12(10-13(2,3)9-11)18-6-4-17-5-7-19-20(14,15)16/h11-12H,4-10H2,1-3H3,(H,14,15,16)/t11-,12+/m1/s1. The van der Waals surface area contributed by atoms with Crippen molar-refractivity contribution in [2.45, 2.75) is 46.1 Å². The minimum absolute atomic E-state index is 0.107. The first-order valence-electron chi connectivity index (χ1n) is 6.99. The van der Waals surface area contributed by atoms with Crippen LogP contribution >= 0.6 is 0 Å². The molecule has 6 nitrogen and oxygen atoms in total. The maximum Gasteiger partial charge on any atom is 0.397 e. The summed E-state index contributed by atoms with van der Waals surface area (Å²) in [5.41, 5.74) is 0.326. The molecule has 0 radical (unpaired) electrons. The Morgan fingerprint density at radius 1 is 1.15 bits per heavy atom. The topological polar surface area (TPSA) is 82.1 Å². The summed E-state index contributed by atoms with van der Waals surface area (Å²) in [7, 11) is -4.36. The molecule has 0 spiro atoms. The predicted molar refractivity (Wildman–Crippen MR) is 74.9 cm³/mol. The maximum absolute atomic E-state index is 10.3. The Labute approximate surface area is 121 Å². The molecule has 120 valence electrons. The molecule has 1 saturated carbocycles. The highest BCUT2D eigenvalue weighted by Gasteiger charge is 2.32. The van der Waals surface area contributed by atoms with Crippen LogP contribution in [0.3, 0.4) is 0 Å². The van der Waals surface area contributed by atoms with Gasteiger partial charge in [-0.2, -0.15) is 8.42 Å². The van der Waals surface area contributed by atoms with Gasteiger partial charge in [-0.1, -0.05) is 20.8 Å².